The molecule has 0 aliphatic rings. The van der Waals surface area contributed by atoms with E-state index in [-0.39, 0.29) is 11.5 Å². The summed E-state index contributed by atoms with van der Waals surface area (Å²) in [7, 11) is 0. The Balaban J connectivity index is 2.38. The summed E-state index contributed by atoms with van der Waals surface area (Å²) in [5, 5.41) is 0. The van der Waals surface area contributed by atoms with E-state index in [0.29, 0.717) is 6.54 Å². The van der Waals surface area contributed by atoms with E-state index in [1.807, 2.05) is 6.92 Å². The van der Waals surface area contributed by atoms with Crippen molar-refractivity contribution in [1.29, 1.82) is 0 Å². The summed E-state index contributed by atoms with van der Waals surface area (Å²) in [5.41, 5.74) is 1.42. The second kappa shape index (κ2) is 4.26. The van der Waals surface area contributed by atoms with Gasteiger partial charge in [-0.05, 0) is 36.2 Å². The van der Waals surface area contributed by atoms with Gasteiger partial charge in [-0.1, -0.05) is 6.07 Å². The zero-order valence-corrected chi connectivity index (χ0v) is 8.85. The summed E-state index contributed by atoms with van der Waals surface area (Å²) in [6, 6.07) is 6.22. The van der Waals surface area contributed by atoms with Crippen LogP contribution in [0.2, 0.25) is 0 Å². The molecule has 0 saturated carbocycles. The third kappa shape index (κ3) is 2.16. The van der Waals surface area contributed by atoms with Crippen LogP contribution in [0.1, 0.15) is 11.1 Å². The van der Waals surface area contributed by atoms with Gasteiger partial charge in [0.15, 0.2) is 0 Å². The minimum atomic E-state index is -0.328. The lowest BCUT2D eigenvalue weighted by molar-refractivity contribution is 0.621. The van der Waals surface area contributed by atoms with Crippen molar-refractivity contribution in [3.05, 3.63) is 64.1 Å². The van der Waals surface area contributed by atoms with Crippen LogP contribution in [0.5, 0.6) is 0 Å². The first kappa shape index (κ1) is 10.5. The molecular weight excluding hydrogens is 207 g/mol. The Morgan fingerprint density at radius 2 is 2.25 bits per heavy atom. The van der Waals surface area contributed by atoms with Gasteiger partial charge >= 0.3 is 5.69 Å². The number of benzene rings is 1. The van der Waals surface area contributed by atoms with Crippen LogP contribution in [0.4, 0.5) is 4.39 Å². The third-order valence-electron chi connectivity index (χ3n) is 2.43. The van der Waals surface area contributed by atoms with E-state index in [1.165, 1.54) is 22.9 Å². The van der Waals surface area contributed by atoms with Crippen LogP contribution in [0.25, 0.3) is 0 Å². The maximum Gasteiger partial charge on any atom is 0.347 e. The van der Waals surface area contributed by atoms with Crippen LogP contribution in [-0.2, 0) is 6.54 Å². The van der Waals surface area contributed by atoms with E-state index in [1.54, 1.807) is 18.3 Å². The van der Waals surface area contributed by atoms with Crippen molar-refractivity contribution in [2.75, 3.05) is 0 Å². The van der Waals surface area contributed by atoms with Crippen LogP contribution in [0, 0.1) is 12.7 Å². The number of aryl methyl sites for hydroxylation is 1. The normalized spacial score (nSPS) is 10.4. The highest BCUT2D eigenvalue weighted by atomic mass is 19.1. The highest BCUT2D eigenvalue weighted by molar-refractivity contribution is 5.26. The molecule has 0 atom stereocenters. The molecule has 0 fully saturated rings. The molecule has 3 nitrogen and oxygen atoms in total. The summed E-state index contributed by atoms with van der Waals surface area (Å²) in [6.45, 7) is 2.23. The standard InChI is InChI=1S/C12H11FN2O/c1-9-3-4-11(13)7-10(9)8-15-6-2-5-14-12(15)16/h2-7H,8H2,1H3. The average molecular weight is 218 g/mol. The molecule has 0 saturated heterocycles. The van der Waals surface area contributed by atoms with Crippen LogP contribution >= 0.6 is 0 Å². The maximum absolute atomic E-state index is 13.0. The van der Waals surface area contributed by atoms with Gasteiger partial charge in [0, 0.05) is 12.4 Å². The van der Waals surface area contributed by atoms with Gasteiger partial charge in [0.05, 0.1) is 6.54 Å². The monoisotopic (exact) mass is 218 g/mol. The van der Waals surface area contributed by atoms with Crippen molar-refractivity contribution < 1.29 is 4.39 Å². The van der Waals surface area contributed by atoms with Crippen molar-refractivity contribution in [3.8, 4) is 0 Å². The largest absolute Gasteiger partial charge is 0.347 e. The first-order valence-electron chi connectivity index (χ1n) is 4.93. The van der Waals surface area contributed by atoms with Gasteiger partial charge in [-0.2, -0.15) is 0 Å². The molecule has 2 aromatic rings. The molecule has 0 amide bonds. The predicted octanol–water partition coefficient (Wildman–Crippen LogP) is 1.74. The molecule has 4 heteroatoms. The molecule has 1 heterocycles. The van der Waals surface area contributed by atoms with E-state index in [0.717, 1.165) is 11.1 Å². The molecule has 0 aliphatic heterocycles. The van der Waals surface area contributed by atoms with E-state index >= 15 is 0 Å². The lowest BCUT2D eigenvalue weighted by Crippen LogP contribution is -2.22. The quantitative estimate of drug-likeness (QED) is 0.769. The van der Waals surface area contributed by atoms with Gasteiger partial charge in [0.2, 0.25) is 0 Å². The Bertz CT molecular complexity index is 563. The number of halogens is 1. The average Bonchev–Trinajstić information content (AvgIpc) is 2.27. The van der Waals surface area contributed by atoms with Crippen molar-refractivity contribution in [2.24, 2.45) is 0 Å². The Morgan fingerprint density at radius 1 is 1.44 bits per heavy atom. The first-order chi connectivity index (χ1) is 7.66. The molecule has 0 unspecified atom stereocenters. The predicted molar refractivity (Wildman–Crippen MR) is 58.7 cm³/mol. The molecule has 0 spiro atoms. The Hall–Kier alpha value is -1.97. The summed E-state index contributed by atoms with van der Waals surface area (Å²) in [5.74, 6) is -0.294. The smallest absolute Gasteiger partial charge is 0.295 e. The molecule has 1 aromatic heterocycles. The lowest BCUT2D eigenvalue weighted by Gasteiger charge is -2.07. The zero-order valence-electron chi connectivity index (χ0n) is 8.85. The topological polar surface area (TPSA) is 34.9 Å². The Labute approximate surface area is 92.2 Å². The highest BCUT2D eigenvalue weighted by Crippen LogP contribution is 2.10. The molecule has 16 heavy (non-hydrogen) atoms. The molecule has 0 N–H and O–H groups in total. The van der Waals surface area contributed by atoms with E-state index in [4.69, 9.17) is 0 Å². The summed E-state index contributed by atoms with van der Waals surface area (Å²) in [6.07, 6.45) is 3.08. The summed E-state index contributed by atoms with van der Waals surface area (Å²) < 4.78 is 14.5. The van der Waals surface area contributed by atoms with Gasteiger partial charge in [0.1, 0.15) is 5.82 Å². The van der Waals surface area contributed by atoms with E-state index < -0.39 is 0 Å². The second-order valence-corrected chi connectivity index (χ2v) is 3.60. The van der Waals surface area contributed by atoms with Crippen LogP contribution in [0.3, 0.4) is 0 Å². The van der Waals surface area contributed by atoms with Crippen LogP contribution in [-0.4, -0.2) is 9.55 Å². The first-order valence-corrected chi connectivity index (χ1v) is 4.93. The van der Waals surface area contributed by atoms with E-state index in [2.05, 4.69) is 4.98 Å². The van der Waals surface area contributed by atoms with Gasteiger partial charge < -0.3 is 0 Å². The van der Waals surface area contributed by atoms with Crippen LogP contribution in [0.15, 0.2) is 41.5 Å². The minimum Gasteiger partial charge on any atom is -0.295 e. The fourth-order valence-corrected chi connectivity index (χ4v) is 1.50. The summed E-state index contributed by atoms with van der Waals surface area (Å²) >= 11 is 0. The number of hydrogen-bond acceptors (Lipinski definition) is 2. The second-order valence-electron chi connectivity index (χ2n) is 3.60. The van der Waals surface area contributed by atoms with Crippen LogP contribution < -0.4 is 5.69 Å². The lowest BCUT2D eigenvalue weighted by atomic mass is 10.1. The molecule has 82 valence electrons. The van der Waals surface area contributed by atoms with Gasteiger partial charge in [-0.3, -0.25) is 4.57 Å². The fourth-order valence-electron chi connectivity index (χ4n) is 1.50. The zero-order chi connectivity index (χ0) is 11.5. The third-order valence-corrected chi connectivity index (χ3v) is 2.43. The minimum absolute atomic E-state index is 0.294. The van der Waals surface area contributed by atoms with Gasteiger partial charge in [-0.15, -0.1) is 0 Å². The van der Waals surface area contributed by atoms with Crippen molar-refractivity contribution in [2.45, 2.75) is 13.5 Å². The van der Waals surface area contributed by atoms with Crippen molar-refractivity contribution in [3.63, 3.8) is 0 Å². The Kier molecular flexibility index (Phi) is 2.81. The Morgan fingerprint density at radius 3 is 3.00 bits per heavy atom. The molecule has 2 rings (SSSR count). The molecule has 1 aromatic carbocycles. The molecule has 0 aliphatic carbocycles. The van der Waals surface area contributed by atoms with Gasteiger partial charge in [0.25, 0.3) is 0 Å². The maximum atomic E-state index is 13.0. The van der Waals surface area contributed by atoms with E-state index in [9.17, 15) is 9.18 Å². The number of hydrogen-bond donors (Lipinski definition) is 0. The van der Waals surface area contributed by atoms with Crippen molar-refractivity contribution in [1.82, 2.24) is 9.55 Å². The number of aromatic nitrogens is 2. The highest BCUT2D eigenvalue weighted by Gasteiger charge is 2.02. The SMILES string of the molecule is Cc1ccc(F)cc1Cn1cccnc1=O. The number of nitrogens with zero attached hydrogens (tertiary/aromatic N) is 2. The molecule has 0 radical (unpaired) electrons. The van der Waals surface area contributed by atoms with Crippen molar-refractivity contribution >= 4 is 0 Å². The fraction of sp³-hybridized carbons (Fsp3) is 0.167. The number of rotatable bonds is 2. The molecule has 0 bridgehead atoms. The summed E-state index contributed by atoms with van der Waals surface area (Å²) in [4.78, 5) is 15.0. The molecular formula is C12H11FN2O. The van der Waals surface area contributed by atoms with Gasteiger partial charge in [-0.25, -0.2) is 14.2 Å².